The zero-order valence-electron chi connectivity index (χ0n) is 16.2. The molecule has 0 radical (unpaired) electrons. The highest BCUT2D eigenvalue weighted by Gasteiger charge is 2.12. The zero-order valence-corrected chi connectivity index (χ0v) is 17.8. The van der Waals surface area contributed by atoms with Gasteiger partial charge >= 0.3 is 0 Å². The van der Waals surface area contributed by atoms with E-state index in [1.54, 1.807) is 0 Å². The summed E-state index contributed by atoms with van der Waals surface area (Å²) in [6.45, 7) is 6.76. The van der Waals surface area contributed by atoms with Gasteiger partial charge in [0.1, 0.15) is 0 Å². The summed E-state index contributed by atoms with van der Waals surface area (Å²) in [6.07, 6.45) is 0. The first-order valence-electron chi connectivity index (χ1n) is 8.82. The number of rotatable bonds is 7. The molecule has 0 heterocycles. The summed E-state index contributed by atoms with van der Waals surface area (Å²) in [5.74, 6) is -0.413. The molecule has 0 spiro atoms. The Balaban J connectivity index is 1.81. The molecular formula is C21H26BrN3O2. The van der Waals surface area contributed by atoms with E-state index < -0.39 is 0 Å². The van der Waals surface area contributed by atoms with E-state index in [9.17, 15) is 9.59 Å². The Kier molecular flexibility index (Phi) is 7.56. The second-order valence-corrected chi connectivity index (χ2v) is 7.72. The Morgan fingerprint density at radius 3 is 2.30 bits per heavy atom. The molecule has 0 unspecified atom stereocenters. The van der Waals surface area contributed by atoms with Gasteiger partial charge in [-0.3, -0.25) is 14.5 Å². The van der Waals surface area contributed by atoms with Crippen LogP contribution in [0.5, 0.6) is 0 Å². The van der Waals surface area contributed by atoms with Crippen LogP contribution in [0.2, 0.25) is 0 Å². The molecule has 0 aliphatic rings. The zero-order chi connectivity index (χ0) is 20.0. The summed E-state index contributed by atoms with van der Waals surface area (Å²) < 4.78 is 1.01. The van der Waals surface area contributed by atoms with Gasteiger partial charge in [-0.2, -0.15) is 0 Å². The third-order valence-electron chi connectivity index (χ3n) is 4.20. The molecule has 2 amide bonds. The second kappa shape index (κ2) is 9.67. The number of carbonyl (C=O) groups is 2. The van der Waals surface area contributed by atoms with Crippen LogP contribution in [-0.4, -0.2) is 36.9 Å². The van der Waals surface area contributed by atoms with Crippen molar-refractivity contribution in [2.24, 2.45) is 0 Å². The van der Waals surface area contributed by atoms with E-state index in [1.165, 1.54) is 0 Å². The van der Waals surface area contributed by atoms with Crippen LogP contribution >= 0.6 is 15.9 Å². The number of benzene rings is 2. The van der Waals surface area contributed by atoms with Crippen LogP contribution in [0.4, 0.5) is 5.69 Å². The average Bonchev–Trinajstić information content (AvgIpc) is 2.58. The predicted molar refractivity (Wildman–Crippen MR) is 113 cm³/mol. The van der Waals surface area contributed by atoms with Crippen molar-refractivity contribution < 1.29 is 9.59 Å². The lowest BCUT2D eigenvalue weighted by Crippen LogP contribution is -2.39. The van der Waals surface area contributed by atoms with Crippen LogP contribution < -0.4 is 10.6 Å². The van der Waals surface area contributed by atoms with Crippen LogP contribution in [0.25, 0.3) is 0 Å². The highest BCUT2D eigenvalue weighted by atomic mass is 79.9. The number of nitrogens with zero attached hydrogens (tertiary/aromatic N) is 1. The number of hydrogen-bond donors (Lipinski definition) is 2. The Labute approximate surface area is 169 Å². The Morgan fingerprint density at radius 2 is 1.67 bits per heavy atom. The van der Waals surface area contributed by atoms with Crippen LogP contribution in [0.3, 0.4) is 0 Å². The molecule has 0 aromatic heterocycles. The summed E-state index contributed by atoms with van der Waals surface area (Å²) in [4.78, 5) is 26.2. The van der Waals surface area contributed by atoms with Crippen molar-refractivity contribution in [3.05, 3.63) is 63.1 Å². The standard InChI is InChI=1S/C21H26BrN3O2/c1-14-9-15(2)21(16(3)10-14)24-19(26)11-23-20(27)13-25(4)12-17-7-5-6-8-18(17)22/h5-10H,11-13H2,1-4H3,(H,23,27)(H,24,26). The number of halogens is 1. The van der Waals surface area contributed by atoms with E-state index in [1.807, 2.05) is 69.1 Å². The first kappa shape index (κ1) is 21.1. The SMILES string of the molecule is Cc1cc(C)c(NC(=O)CNC(=O)CN(C)Cc2ccccc2Br)c(C)c1. The van der Waals surface area contributed by atoms with Crippen LogP contribution in [0.1, 0.15) is 22.3 Å². The summed E-state index contributed by atoms with van der Waals surface area (Å²) in [5, 5.41) is 5.57. The second-order valence-electron chi connectivity index (χ2n) is 6.86. The third kappa shape index (κ3) is 6.48. The highest BCUT2D eigenvalue weighted by Crippen LogP contribution is 2.21. The smallest absolute Gasteiger partial charge is 0.243 e. The largest absolute Gasteiger partial charge is 0.346 e. The van der Waals surface area contributed by atoms with Gasteiger partial charge in [0.25, 0.3) is 0 Å². The lowest BCUT2D eigenvalue weighted by molar-refractivity contribution is -0.124. The van der Waals surface area contributed by atoms with Gasteiger partial charge in [-0.15, -0.1) is 0 Å². The summed E-state index contributed by atoms with van der Waals surface area (Å²) in [7, 11) is 1.87. The molecular weight excluding hydrogens is 406 g/mol. The molecule has 6 heteroatoms. The molecule has 0 bridgehead atoms. The molecule has 0 saturated carbocycles. The van der Waals surface area contributed by atoms with E-state index in [2.05, 4.69) is 26.6 Å². The molecule has 0 saturated heterocycles. The number of anilines is 1. The predicted octanol–water partition coefficient (Wildman–Crippen LogP) is 3.56. The fraction of sp³-hybridized carbons (Fsp3) is 0.333. The molecule has 0 atom stereocenters. The molecule has 2 aromatic rings. The summed E-state index contributed by atoms with van der Waals surface area (Å²) in [5.41, 5.74) is 5.10. The van der Waals surface area contributed by atoms with Gasteiger partial charge in [0.05, 0.1) is 13.1 Å². The van der Waals surface area contributed by atoms with Gasteiger partial charge < -0.3 is 10.6 Å². The average molecular weight is 432 g/mol. The Bertz CT molecular complexity index is 813. The minimum atomic E-state index is -0.230. The molecule has 0 aliphatic carbocycles. The van der Waals surface area contributed by atoms with Crippen molar-refractivity contribution >= 4 is 33.4 Å². The van der Waals surface area contributed by atoms with Crippen molar-refractivity contribution in [3.8, 4) is 0 Å². The molecule has 144 valence electrons. The Hall–Kier alpha value is -2.18. The minimum Gasteiger partial charge on any atom is -0.346 e. The van der Waals surface area contributed by atoms with E-state index >= 15 is 0 Å². The fourth-order valence-corrected chi connectivity index (χ4v) is 3.42. The van der Waals surface area contributed by atoms with Crippen molar-refractivity contribution in [1.29, 1.82) is 0 Å². The fourth-order valence-electron chi connectivity index (χ4n) is 3.01. The summed E-state index contributed by atoms with van der Waals surface area (Å²) in [6, 6.07) is 12.0. The lowest BCUT2D eigenvalue weighted by atomic mass is 10.1. The van der Waals surface area contributed by atoms with Crippen molar-refractivity contribution in [2.75, 3.05) is 25.5 Å². The maximum Gasteiger partial charge on any atom is 0.243 e. The van der Waals surface area contributed by atoms with Gasteiger partial charge in [-0.05, 0) is 50.6 Å². The number of carbonyl (C=O) groups excluding carboxylic acids is 2. The normalized spacial score (nSPS) is 10.7. The maximum atomic E-state index is 12.2. The molecule has 27 heavy (non-hydrogen) atoms. The van der Waals surface area contributed by atoms with Gasteiger partial charge in [0.15, 0.2) is 0 Å². The molecule has 2 aromatic carbocycles. The number of likely N-dealkylation sites (N-methyl/N-ethyl adjacent to an activating group) is 1. The summed E-state index contributed by atoms with van der Waals surface area (Å²) >= 11 is 3.51. The number of aryl methyl sites for hydroxylation is 3. The topological polar surface area (TPSA) is 61.4 Å². The van der Waals surface area contributed by atoms with Crippen LogP contribution in [-0.2, 0) is 16.1 Å². The molecule has 0 aliphatic heterocycles. The molecule has 2 N–H and O–H groups in total. The highest BCUT2D eigenvalue weighted by molar-refractivity contribution is 9.10. The van der Waals surface area contributed by atoms with Gasteiger partial charge in [-0.25, -0.2) is 0 Å². The van der Waals surface area contributed by atoms with Crippen molar-refractivity contribution in [3.63, 3.8) is 0 Å². The van der Waals surface area contributed by atoms with Crippen LogP contribution in [0.15, 0.2) is 40.9 Å². The monoisotopic (exact) mass is 431 g/mol. The van der Waals surface area contributed by atoms with Gasteiger partial charge in [0, 0.05) is 16.7 Å². The number of amides is 2. The third-order valence-corrected chi connectivity index (χ3v) is 4.97. The van der Waals surface area contributed by atoms with Crippen molar-refractivity contribution in [1.82, 2.24) is 10.2 Å². The first-order chi connectivity index (χ1) is 12.8. The maximum absolute atomic E-state index is 12.2. The van der Waals surface area contributed by atoms with E-state index in [-0.39, 0.29) is 24.9 Å². The first-order valence-corrected chi connectivity index (χ1v) is 9.62. The van der Waals surface area contributed by atoms with Crippen molar-refractivity contribution in [2.45, 2.75) is 27.3 Å². The number of hydrogen-bond acceptors (Lipinski definition) is 3. The molecule has 5 nitrogen and oxygen atoms in total. The molecule has 0 fully saturated rings. The lowest BCUT2D eigenvalue weighted by Gasteiger charge is -2.17. The quantitative estimate of drug-likeness (QED) is 0.704. The Morgan fingerprint density at radius 1 is 1.04 bits per heavy atom. The molecule has 2 rings (SSSR count). The van der Waals surface area contributed by atoms with E-state index in [0.29, 0.717) is 6.54 Å². The van der Waals surface area contributed by atoms with Crippen LogP contribution in [0, 0.1) is 20.8 Å². The van der Waals surface area contributed by atoms with E-state index in [0.717, 1.165) is 32.4 Å². The number of nitrogens with one attached hydrogen (secondary N) is 2. The van der Waals surface area contributed by atoms with Gasteiger partial charge in [-0.1, -0.05) is 51.8 Å². The van der Waals surface area contributed by atoms with Gasteiger partial charge in [0.2, 0.25) is 11.8 Å². The van der Waals surface area contributed by atoms with E-state index in [4.69, 9.17) is 0 Å². The minimum absolute atomic E-state index is 0.0472.